The molecule has 5 atom stereocenters. The molecule has 1 N–H and O–H groups in total. The monoisotopic (exact) mass is 252 g/mol. The van der Waals surface area contributed by atoms with E-state index in [1.807, 2.05) is 25.7 Å². The Morgan fingerprint density at radius 3 is 2.61 bits per heavy atom. The van der Waals surface area contributed by atoms with Gasteiger partial charge in [-0.2, -0.15) is 0 Å². The maximum absolute atomic E-state index is 12.4. The summed E-state index contributed by atoms with van der Waals surface area (Å²) >= 11 is 0. The fourth-order valence-electron chi connectivity index (χ4n) is 4.01. The average Bonchev–Trinajstić information content (AvgIpc) is 2.35. The molecule has 4 heteroatoms. The Bertz CT molecular complexity index is 361. The number of amides is 1. The highest BCUT2D eigenvalue weighted by molar-refractivity contribution is 5.70. The van der Waals surface area contributed by atoms with Crippen molar-refractivity contribution in [1.82, 2.24) is 10.2 Å². The highest BCUT2D eigenvalue weighted by Crippen LogP contribution is 2.45. The first-order valence-corrected chi connectivity index (χ1v) is 7.11. The van der Waals surface area contributed by atoms with Crippen molar-refractivity contribution >= 4 is 6.09 Å². The number of carbonyl (C=O) groups excluding carboxylic acids is 1. The smallest absolute Gasteiger partial charge is 0.410 e. The minimum Gasteiger partial charge on any atom is -0.444 e. The maximum atomic E-state index is 12.4. The van der Waals surface area contributed by atoms with Crippen LogP contribution in [-0.4, -0.2) is 41.3 Å². The molecule has 3 bridgehead atoms. The summed E-state index contributed by atoms with van der Waals surface area (Å²) in [5.74, 6) is 1.30. The Labute approximate surface area is 109 Å². The second-order valence-corrected chi connectivity index (χ2v) is 7.15. The van der Waals surface area contributed by atoms with Crippen LogP contribution in [0.25, 0.3) is 0 Å². The van der Waals surface area contributed by atoms with Crippen molar-refractivity contribution in [2.75, 3.05) is 6.54 Å². The van der Waals surface area contributed by atoms with Gasteiger partial charge in [-0.25, -0.2) is 4.79 Å². The van der Waals surface area contributed by atoms with Gasteiger partial charge in [0, 0.05) is 12.1 Å². The number of nitrogens with one attached hydrogen (secondary N) is 1. The van der Waals surface area contributed by atoms with Crippen LogP contribution in [0, 0.1) is 11.8 Å². The third-order valence-corrected chi connectivity index (χ3v) is 4.70. The van der Waals surface area contributed by atoms with Gasteiger partial charge in [-0.15, -0.1) is 0 Å². The molecule has 0 radical (unpaired) electrons. The number of hydrogen-bond donors (Lipinski definition) is 1. The van der Waals surface area contributed by atoms with Crippen LogP contribution < -0.4 is 5.32 Å². The number of fused-ring (bicyclic) bond motifs is 2. The molecule has 3 aliphatic heterocycles. The van der Waals surface area contributed by atoms with E-state index in [1.165, 1.54) is 0 Å². The third kappa shape index (κ3) is 1.81. The number of carbonyl (C=O) groups is 1. The summed E-state index contributed by atoms with van der Waals surface area (Å²) in [5.41, 5.74) is -0.399. The zero-order valence-electron chi connectivity index (χ0n) is 11.8. The molecular formula is C14H24N2O2. The zero-order valence-corrected chi connectivity index (χ0v) is 11.8. The van der Waals surface area contributed by atoms with E-state index in [0.717, 1.165) is 25.3 Å². The minimum absolute atomic E-state index is 0.117. The van der Waals surface area contributed by atoms with Gasteiger partial charge >= 0.3 is 6.09 Å². The first kappa shape index (κ1) is 12.3. The number of ether oxygens (including phenoxy) is 1. The van der Waals surface area contributed by atoms with Gasteiger partial charge < -0.3 is 15.0 Å². The number of rotatable bonds is 0. The van der Waals surface area contributed by atoms with Crippen LogP contribution >= 0.6 is 0 Å². The molecule has 0 spiro atoms. The van der Waals surface area contributed by atoms with Gasteiger partial charge in [0.25, 0.3) is 0 Å². The number of hydrogen-bond acceptors (Lipinski definition) is 3. The Balaban J connectivity index is 1.81. The highest BCUT2D eigenvalue weighted by atomic mass is 16.6. The lowest BCUT2D eigenvalue weighted by molar-refractivity contribution is -0.00426. The largest absolute Gasteiger partial charge is 0.444 e. The van der Waals surface area contributed by atoms with E-state index >= 15 is 0 Å². The topological polar surface area (TPSA) is 41.6 Å². The summed E-state index contributed by atoms with van der Waals surface area (Å²) in [6.45, 7) is 9.21. The predicted molar refractivity (Wildman–Crippen MR) is 69.3 cm³/mol. The van der Waals surface area contributed by atoms with Crippen LogP contribution in [0.5, 0.6) is 0 Å². The summed E-state index contributed by atoms with van der Waals surface area (Å²) in [6.07, 6.45) is 2.17. The van der Waals surface area contributed by atoms with E-state index in [1.54, 1.807) is 0 Å². The van der Waals surface area contributed by atoms with E-state index in [4.69, 9.17) is 4.74 Å². The van der Waals surface area contributed by atoms with Gasteiger partial charge in [0.2, 0.25) is 0 Å². The number of nitrogens with zero attached hydrogens (tertiary/aromatic N) is 1. The molecule has 18 heavy (non-hydrogen) atoms. The van der Waals surface area contributed by atoms with Crippen LogP contribution in [0.4, 0.5) is 4.79 Å². The lowest BCUT2D eigenvalue weighted by Crippen LogP contribution is -2.56. The fraction of sp³-hybridized carbons (Fsp3) is 0.929. The van der Waals surface area contributed by atoms with E-state index in [9.17, 15) is 4.79 Å². The molecule has 0 aromatic heterocycles. The zero-order chi connectivity index (χ0) is 13.1. The molecule has 102 valence electrons. The number of piperidine rings is 2. The Morgan fingerprint density at radius 2 is 1.94 bits per heavy atom. The molecule has 3 fully saturated rings. The average molecular weight is 252 g/mol. The van der Waals surface area contributed by atoms with Gasteiger partial charge in [-0.05, 0) is 52.0 Å². The summed E-state index contributed by atoms with van der Waals surface area (Å²) in [6, 6.07) is 1.21. The summed E-state index contributed by atoms with van der Waals surface area (Å²) in [4.78, 5) is 14.4. The van der Waals surface area contributed by atoms with Crippen molar-refractivity contribution in [2.24, 2.45) is 11.8 Å². The summed E-state index contributed by atoms with van der Waals surface area (Å²) in [7, 11) is 0. The summed E-state index contributed by atoms with van der Waals surface area (Å²) in [5, 5.41) is 3.62. The molecule has 1 amide bonds. The van der Waals surface area contributed by atoms with E-state index < -0.39 is 5.60 Å². The van der Waals surface area contributed by atoms with Gasteiger partial charge in [0.15, 0.2) is 0 Å². The molecule has 0 saturated carbocycles. The molecule has 3 aliphatic rings. The van der Waals surface area contributed by atoms with Crippen molar-refractivity contribution in [3.8, 4) is 0 Å². The molecular weight excluding hydrogens is 228 g/mol. The van der Waals surface area contributed by atoms with Crippen molar-refractivity contribution in [3.05, 3.63) is 0 Å². The second-order valence-electron chi connectivity index (χ2n) is 7.15. The summed E-state index contributed by atoms with van der Waals surface area (Å²) < 4.78 is 5.57. The van der Waals surface area contributed by atoms with Gasteiger partial charge in [0.05, 0.1) is 6.04 Å². The third-order valence-electron chi connectivity index (χ3n) is 4.70. The molecule has 4 nitrogen and oxygen atoms in total. The lowest BCUT2D eigenvalue weighted by Gasteiger charge is -2.43. The Morgan fingerprint density at radius 1 is 1.28 bits per heavy atom. The van der Waals surface area contributed by atoms with E-state index in [-0.39, 0.29) is 6.09 Å². The fourth-order valence-corrected chi connectivity index (χ4v) is 4.01. The first-order chi connectivity index (χ1) is 8.37. The lowest BCUT2D eigenvalue weighted by atomic mass is 9.88. The van der Waals surface area contributed by atoms with Crippen LogP contribution in [0.3, 0.4) is 0 Å². The Kier molecular flexibility index (Phi) is 2.63. The molecule has 5 unspecified atom stereocenters. The standard InChI is InChI=1S/C14H24N2O2/c1-8-10-5-9-6-11(12(8)15-7-9)16(10)13(17)18-14(2,3)4/h8-12,15H,5-7H2,1-4H3. The van der Waals surface area contributed by atoms with Crippen LogP contribution in [0.15, 0.2) is 0 Å². The molecule has 0 aromatic carbocycles. The van der Waals surface area contributed by atoms with Crippen molar-refractivity contribution < 1.29 is 9.53 Å². The molecule has 0 aromatic rings. The van der Waals surface area contributed by atoms with E-state index in [0.29, 0.717) is 24.0 Å². The quantitative estimate of drug-likeness (QED) is 0.717. The van der Waals surface area contributed by atoms with Crippen molar-refractivity contribution in [1.29, 1.82) is 0 Å². The molecule has 3 rings (SSSR count). The normalized spacial score (nSPS) is 42.2. The predicted octanol–water partition coefficient (Wildman–Crippen LogP) is 1.99. The van der Waals surface area contributed by atoms with Crippen LogP contribution in [0.2, 0.25) is 0 Å². The minimum atomic E-state index is -0.399. The first-order valence-electron chi connectivity index (χ1n) is 7.11. The SMILES string of the molecule is CC1C2NCC3CC1N(C(=O)OC(C)(C)C)C2C3. The van der Waals surface area contributed by atoms with Crippen LogP contribution in [-0.2, 0) is 4.74 Å². The van der Waals surface area contributed by atoms with Crippen molar-refractivity contribution in [3.63, 3.8) is 0 Å². The second kappa shape index (κ2) is 3.86. The maximum Gasteiger partial charge on any atom is 0.410 e. The van der Waals surface area contributed by atoms with Gasteiger partial charge in [-0.1, -0.05) is 6.92 Å². The molecule has 3 heterocycles. The highest BCUT2D eigenvalue weighted by Gasteiger charge is 2.56. The van der Waals surface area contributed by atoms with Gasteiger partial charge in [-0.3, -0.25) is 0 Å². The van der Waals surface area contributed by atoms with Crippen molar-refractivity contribution in [2.45, 2.75) is 64.3 Å². The van der Waals surface area contributed by atoms with Crippen LogP contribution in [0.1, 0.15) is 40.5 Å². The molecule has 0 aliphatic carbocycles. The Hall–Kier alpha value is -0.770. The molecule has 3 saturated heterocycles. The van der Waals surface area contributed by atoms with Gasteiger partial charge in [0.1, 0.15) is 5.60 Å². The van der Waals surface area contributed by atoms with E-state index in [2.05, 4.69) is 12.2 Å².